The number of pyridine rings is 1. The number of halogens is 1. The largest absolute Gasteiger partial charge is 0.465 e. The fraction of sp³-hybridized carbons (Fsp3) is 0.200. The van der Waals surface area contributed by atoms with Crippen LogP contribution in [0.15, 0.2) is 66.9 Å². The van der Waals surface area contributed by atoms with E-state index in [1.165, 1.54) is 4.90 Å². The van der Waals surface area contributed by atoms with E-state index in [1.54, 1.807) is 0 Å². The van der Waals surface area contributed by atoms with Crippen molar-refractivity contribution < 1.29 is 9.90 Å². The van der Waals surface area contributed by atoms with Crippen LogP contribution >= 0.6 is 11.6 Å². The van der Waals surface area contributed by atoms with Gasteiger partial charge >= 0.3 is 6.09 Å². The van der Waals surface area contributed by atoms with Crippen molar-refractivity contribution in [3.8, 4) is 23.0 Å². The van der Waals surface area contributed by atoms with Crippen molar-refractivity contribution in [1.29, 1.82) is 0 Å². The van der Waals surface area contributed by atoms with Crippen molar-refractivity contribution in [3.05, 3.63) is 83.1 Å². The molecule has 1 aromatic heterocycles. The summed E-state index contributed by atoms with van der Waals surface area (Å²) in [6.45, 7) is 1.23. The Labute approximate surface area is 186 Å². The van der Waals surface area contributed by atoms with Gasteiger partial charge in [-0.15, -0.1) is 0 Å². The van der Waals surface area contributed by atoms with Crippen molar-refractivity contribution in [2.75, 3.05) is 18.4 Å². The second-order valence-electron chi connectivity index (χ2n) is 7.42. The summed E-state index contributed by atoms with van der Waals surface area (Å²) in [7, 11) is 0. The van der Waals surface area contributed by atoms with Crippen LogP contribution in [0.25, 0.3) is 11.1 Å². The van der Waals surface area contributed by atoms with Crippen molar-refractivity contribution in [2.24, 2.45) is 0 Å². The van der Waals surface area contributed by atoms with Gasteiger partial charge in [0.1, 0.15) is 5.69 Å². The van der Waals surface area contributed by atoms with Crippen molar-refractivity contribution in [1.82, 2.24) is 9.88 Å². The van der Waals surface area contributed by atoms with E-state index in [4.69, 9.17) is 11.6 Å². The van der Waals surface area contributed by atoms with Gasteiger partial charge in [0.25, 0.3) is 0 Å². The second kappa shape index (κ2) is 9.55. The lowest BCUT2D eigenvalue weighted by molar-refractivity contribution is 0.142. The number of likely N-dealkylation sites (tertiary alicyclic amines) is 1. The maximum absolute atomic E-state index is 11.2. The van der Waals surface area contributed by atoms with E-state index in [1.807, 2.05) is 66.9 Å². The molecule has 1 fully saturated rings. The van der Waals surface area contributed by atoms with E-state index < -0.39 is 6.09 Å². The first-order chi connectivity index (χ1) is 15.1. The van der Waals surface area contributed by atoms with E-state index >= 15 is 0 Å². The molecule has 1 aliphatic heterocycles. The molecule has 0 aliphatic carbocycles. The van der Waals surface area contributed by atoms with Crippen LogP contribution in [0.5, 0.6) is 0 Å². The third kappa shape index (κ3) is 5.36. The standard InChI is InChI=1S/C25H22ClN3O2/c26-21-9-6-19(7-10-21)20-8-14-23(27-16-20)13-5-18-3-11-22(12-4-18)28-17-24-2-1-15-29(24)25(30)31/h3-4,6-12,14,16,24,28H,1-2,15,17H2,(H,30,31). The van der Waals surface area contributed by atoms with Crippen LogP contribution in [0.3, 0.4) is 0 Å². The molecule has 5 nitrogen and oxygen atoms in total. The molecular formula is C25H22ClN3O2. The molecule has 2 N–H and O–H groups in total. The molecule has 3 aromatic rings. The Balaban J connectivity index is 1.35. The van der Waals surface area contributed by atoms with E-state index in [0.29, 0.717) is 23.8 Å². The van der Waals surface area contributed by atoms with Crippen LogP contribution in [0.1, 0.15) is 24.1 Å². The summed E-state index contributed by atoms with van der Waals surface area (Å²) in [6.07, 6.45) is 2.78. The zero-order valence-corrected chi connectivity index (χ0v) is 17.6. The summed E-state index contributed by atoms with van der Waals surface area (Å²) in [5, 5.41) is 13.3. The number of hydrogen-bond donors (Lipinski definition) is 2. The van der Waals surface area contributed by atoms with Crippen molar-refractivity contribution >= 4 is 23.4 Å². The van der Waals surface area contributed by atoms with E-state index in [-0.39, 0.29) is 6.04 Å². The Morgan fingerprint density at radius 1 is 1.06 bits per heavy atom. The SMILES string of the molecule is O=C(O)N1CCCC1CNc1ccc(C#Cc2ccc(-c3ccc(Cl)cc3)cn2)cc1. The van der Waals surface area contributed by atoms with Gasteiger partial charge in [-0.2, -0.15) is 0 Å². The molecule has 4 rings (SSSR count). The molecule has 1 atom stereocenters. The lowest BCUT2D eigenvalue weighted by Crippen LogP contribution is -2.38. The molecular weight excluding hydrogens is 410 g/mol. The van der Waals surface area contributed by atoms with Crippen LogP contribution < -0.4 is 5.32 Å². The van der Waals surface area contributed by atoms with Gasteiger partial charge in [-0.25, -0.2) is 9.78 Å². The third-order valence-electron chi connectivity index (χ3n) is 5.33. The molecule has 31 heavy (non-hydrogen) atoms. The van der Waals surface area contributed by atoms with Crippen molar-refractivity contribution in [3.63, 3.8) is 0 Å². The average molecular weight is 432 g/mol. The monoisotopic (exact) mass is 431 g/mol. The molecule has 6 heteroatoms. The number of hydrogen-bond acceptors (Lipinski definition) is 3. The minimum absolute atomic E-state index is 0.0267. The lowest BCUT2D eigenvalue weighted by Gasteiger charge is -2.22. The number of carbonyl (C=O) groups is 1. The summed E-state index contributed by atoms with van der Waals surface area (Å²) in [4.78, 5) is 17.2. The van der Waals surface area contributed by atoms with Gasteiger partial charge in [-0.05, 0) is 66.8 Å². The van der Waals surface area contributed by atoms with Gasteiger partial charge in [0, 0.05) is 41.1 Å². The Bertz CT molecular complexity index is 1100. The predicted octanol–water partition coefficient (Wildman–Crippen LogP) is 5.36. The smallest absolute Gasteiger partial charge is 0.407 e. The summed E-state index contributed by atoms with van der Waals surface area (Å²) in [6, 6.07) is 19.4. The Morgan fingerprint density at radius 2 is 1.81 bits per heavy atom. The number of carboxylic acid groups (broad SMARTS) is 1. The summed E-state index contributed by atoms with van der Waals surface area (Å²) in [5.74, 6) is 6.22. The number of aromatic nitrogens is 1. The van der Waals surface area contributed by atoms with Crippen LogP contribution in [-0.2, 0) is 0 Å². The van der Waals surface area contributed by atoms with Gasteiger partial charge < -0.3 is 15.3 Å². The highest BCUT2D eigenvalue weighted by atomic mass is 35.5. The maximum Gasteiger partial charge on any atom is 0.407 e. The zero-order valence-electron chi connectivity index (χ0n) is 16.9. The maximum atomic E-state index is 11.2. The molecule has 0 saturated carbocycles. The highest BCUT2D eigenvalue weighted by molar-refractivity contribution is 6.30. The van der Waals surface area contributed by atoms with Crippen LogP contribution in [-0.4, -0.2) is 40.2 Å². The topological polar surface area (TPSA) is 65.5 Å². The predicted molar refractivity (Wildman–Crippen MR) is 123 cm³/mol. The summed E-state index contributed by atoms with van der Waals surface area (Å²) in [5.41, 5.74) is 4.62. The molecule has 0 radical (unpaired) electrons. The number of nitrogens with zero attached hydrogens (tertiary/aromatic N) is 2. The molecule has 156 valence electrons. The number of rotatable bonds is 4. The Kier molecular flexibility index (Phi) is 6.40. The molecule has 0 bridgehead atoms. The lowest BCUT2D eigenvalue weighted by atomic mass is 10.1. The summed E-state index contributed by atoms with van der Waals surface area (Å²) >= 11 is 5.94. The average Bonchev–Trinajstić information content (AvgIpc) is 3.27. The molecule has 0 spiro atoms. The molecule has 2 heterocycles. The first-order valence-electron chi connectivity index (χ1n) is 10.2. The molecule has 1 saturated heterocycles. The fourth-order valence-corrected chi connectivity index (χ4v) is 3.75. The number of anilines is 1. The zero-order chi connectivity index (χ0) is 21.6. The van der Waals surface area contributed by atoms with E-state index in [2.05, 4.69) is 22.1 Å². The third-order valence-corrected chi connectivity index (χ3v) is 5.58. The number of benzene rings is 2. The molecule has 2 aromatic carbocycles. The van der Waals surface area contributed by atoms with Gasteiger partial charge in [0.05, 0.1) is 6.04 Å². The highest BCUT2D eigenvalue weighted by Crippen LogP contribution is 2.21. The first kappa shape index (κ1) is 20.8. The number of amides is 1. The normalized spacial score (nSPS) is 15.3. The Morgan fingerprint density at radius 3 is 2.48 bits per heavy atom. The molecule has 1 unspecified atom stereocenters. The van der Waals surface area contributed by atoms with E-state index in [0.717, 1.165) is 35.2 Å². The minimum atomic E-state index is -0.843. The van der Waals surface area contributed by atoms with E-state index in [9.17, 15) is 9.90 Å². The first-order valence-corrected chi connectivity index (χ1v) is 10.5. The van der Waals surface area contributed by atoms with Crippen LogP contribution in [0.2, 0.25) is 5.02 Å². The highest BCUT2D eigenvalue weighted by Gasteiger charge is 2.27. The quantitative estimate of drug-likeness (QED) is 0.546. The minimum Gasteiger partial charge on any atom is -0.465 e. The van der Waals surface area contributed by atoms with Gasteiger partial charge in [0.15, 0.2) is 0 Å². The summed E-state index contributed by atoms with van der Waals surface area (Å²) < 4.78 is 0. The Hall–Kier alpha value is -3.49. The fourth-order valence-electron chi connectivity index (χ4n) is 3.62. The molecule has 1 aliphatic rings. The molecule has 1 amide bonds. The van der Waals surface area contributed by atoms with Gasteiger partial charge in [-0.3, -0.25) is 0 Å². The van der Waals surface area contributed by atoms with Crippen molar-refractivity contribution in [2.45, 2.75) is 18.9 Å². The van der Waals surface area contributed by atoms with Crippen LogP contribution in [0.4, 0.5) is 10.5 Å². The number of nitrogens with one attached hydrogen (secondary N) is 1. The second-order valence-corrected chi connectivity index (χ2v) is 7.86. The van der Waals surface area contributed by atoms with Gasteiger partial charge in [-0.1, -0.05) is 35.7 Å². The van der Waals surface area contributed by atoms with Gasteiger partial charge in [0.2, 0.25) is 0 Å². The van der Waals surface area contributed by atoms with Crippen LogP contribution in [0, 0.1) is 11.8 Å².